The van der Waals surface area contributed by atoms with Crippen LogP contribution in [0.5, 0.6) is 0 Å². The summed E-state index contributed by atoms with van der Waals surface area (Å²) >= 11 is 0. The van der Waals surface area contributed by atoms with E-state index < -0.39 is 64.0 Å². The minimum absolute atomic E-state index is 0.0622. The van der Waals surface area contributed by atoms with E-state index in [9.17, 15) is 54.6 Å². The molecular weight excluding hydrogens is 817 g/mol. The van der Waals surface area contributed by atoms with E-state index in [1.165, 1.54) is 54.1 Å². The molecule has 2 aromatic carbocycles. The number of aliphatic hydroxyl groups excluding tert-OH is 1. The molecule has 2 aromatic rings. The maximum atomic E-state index is 13.6. The summed E-state index contributed by atoms with van der Waals surface area (Å²) in [7, 11) is -3.34. The summed E-state index contributed by atoms with van der Waals surface area (Å²) in [6.45, 7) is 23.7. The Morgan fingerprint density at radius 1 is 0.900 bits per heavy atom. The first-order chi connectivity index (χ1) is 27.2. The Labute approximate surface area is 353 Å². The maximum absolute atomic E-state index is 13.6. The number of carboxylic acid groups (broad SMARTS) is 1. The van der Waals surface area contributed by atoms with Crippen LogP contribution in [-0.2, 0) is 19.4 Å². The molecule has 4 atom stereocenters. The molecule has 0 radical (unpaired) electrons. The van der Waals surface area contributed by atoms with Crippen LogP contribution >= 0.6 is 0 Å². The first kappa shape index (κ1) is 58.4. The van der Waals surface area contributed by atoms with E-state index in [0.29, 0.717) is 17.7 Å². The molecule has 0 spiro atoms. The van der Waals surface area contributed by atoms with E-state index in [4.69, 9.17) is 10.5 Å². The van der Waals surface area contributed by atoms with Crippen LogP contribution in [0.25, 0.3) is 11.1 Å². The number of likely N-dealkylation sites (tertiary alicyclic amines) is 1. The fraction of sp³-hybridized carbons (Fsp3) is 0.628. The molecule has 60 heavy (non-hydrogen) atoms. The van der Waals surface area contributed by atoms with Gasteiger partial charge in [0.2, 0.25) is 0 Å². The van der Waals surface area contributed by atoms with Crippen molar-refractivity contribution in [1.29, 1.82) is 0 Å². The number of amides is 1. The number of nitrogens with two attached hydrogens (primary N) is 1. The van der Waals surface area contributed by atoms with E-state index in [0.717, 1.165) is 26.0 Å². The van der Waals surface area contributed by atoms with Gasteiger partial charge in [-0.25, -0.2) is 13.2 Å². The molecule has 1 aliphatic heterocycles. The zero-order valence-electron chi connectivity index (χ0n) is 37.1. The average molecular weight is 886 g/mol. The second kappa shape index (κ2) is 26.6. The molecule has 1 aliphatic rings. The Morgan fingerprint density at radius 2 is 1.33 bits per heavy atom. The standard InChI is InChI=1S/C21H24F3NO4S.C9H18N2O3.C6H14.C4H7F3.C3H6/c1-13(2)12-18(20(26)27)25-19(21(22,23)24)16-6-4-14(5-7-16)15-8-10-17(11-9-15)30(3,28)29;1-9(2,3)14-8(13)11-4-6(10)7(12)5-11;1-4-5-6(2)3;1-3(2)4(5,6)7;1-3-2/h4-11,13,18-19,25H,12H2,1-3H3,(H,26,27);6-7,12H,4-5,10H2,1-3H3;6H,4-5H2,1-3H3;3H,1-2H3;3H,1H2,2H3/t18-,19?;;;;/m0..../s1. The Kier molecular flexibility index (Phi) is 25.9. The lowest BCUT2D eigenvalue weighted by atomic mass is 9.98. The lowest BCUT2D eigenvalue weighted by Crippen LogP contribution is -2.45. The van der Waals surface area contributed by atoms with Crippen molar-refractivity contribution in [2.75, 3.05) is 19.3 Å². The van der Waals surface area contributed by atoms with E-state index in [1.54, 1.807) is 52.8 Å². The molecule has 1 fully saturated rings. The summed E-state index contributed by atoms with van der Waals surface area (Å²) in [6, 6.07) is 7.76. The topological polar surface area (TPSA) is 159 Å². The number of carboxylic acids is 1. The molecule has 10 nitrogen and oxygen atoms in total. The Morgan fingerprint density at radius 3 is 1.60 bits per heavy atom. The van der Waals surface area contributed by atoms with E-state index in [-0.39, 0.29) is 35.4 Å². The first-order valence-electron chi connectivity index (χ1n) is 19.7. The van der Waals surface area contributed by atoms with Crippen LogP contribution in [0.2, 0.25) is 0 Å². The third-order valence-electron chi connectivity index (χ3n) is 8.07. The summed E-state index contributed by atoms with van der Waals surface area (Å²) in [4.78, 5) is 24.5. The number of rotatable bonds is 10. The highest BCUT2D eigenvalue weighted by molar-refractivity contribution is 7.90. The summed E-state index contributed by atoms with van der Waals surface area (Å²) < 4.78 is 103. The van der Waals surface area contributed by atoms with Crippen LogP contribution in [0.3, 0.4) is 0 Å². The fourth-order valence-electron chi connectivity index (χ4n) is 4.92. The number of aliphatic carboxylic acids is 1. The molecule has 1 saturated heterocycles. The fourth-order valence-corrected chi connectivity index (χ4v) is 5.55. The highest BCUT2D eigenvalue weighted by atomic mass is 32.2. The zero-order valence-corrected chi connectivity index (χ0v) is 37.9. The van der Waals surface area contributed by atoms with Crippen LogP contribution < -0.4 is 11.1 Å². The lowest BCUT2D eigenvalue weighted by Gasteiger charge is -2.27. The van der Waals surface area contributed by atoms with Gasteiger partial charge in [-0.2, -0.15) is 26.3 Å². The van der Waals surface area contributed by atoms with Gasteiger partial charge in [-0.15, -0.1) is 6.58 Å². The molecule has 346 valence electrons. The van der Waals surface area contributed by atoms with E-state index in [2.05, 4.69) is 32.7 Å². The maximum Gasteiger partial charge on any atom is 0.410 e. The van der Waals surface area contributed by atoms with Gasteiger partial charge in [0, 0.05) is 18.7 Å². The summed E-state index contributed by atoms with van der Waals surface area (Å²) in [5.74, 6) is -1.73. The molecule has 0 bridgehead atoms. The van der Waals surface area contributed by atoms with Crippen molar-refractivity contribution in [2.24, 2.45) is 23.5 Å². The number of aliphatic hydroxyl groups is 1. The van der Waals surface area contributed by atoms with Crippen molar-refractivity contribution in [2.45, 2.75) is 143 Å². The molecule has 3 unspecified atom stereocenters. The lowest BCUT2D eigenvalue weighted by molar-refractivity contribution is -0.165. The smallest absolute Gasteiger partial charge is 0.410 e. The van der Waals surface area contributed by atoms with Crippen LogP contribution in [0.4, 0.5) is 31.1 Å². The quantitative estimate of drug-likeness (QED) is 0.135. The van der Waals surface area contributed by atoms with Gasteiger partial charge in [-0.05, 0) is 74.8 Å². The second-order valence-corrected chi connectivity index (χ2v) is 18.5. The molecule has 0 aliphatic carbocycles. The number of β-amino-alcohol motifs (C(OH)–C–C–N with tert-alkyl or cyclic N) is 1. The molecule has 1 heterocycles. The molecular formula is C43H69F6N3O7S. The monoisotopic (exact) mass is 885 g/mol. The van der Waals surface area contributed by atoms with Gasteiger partial charge in [0.25, 0.3) is 0 Å². The van der Waals surface area contributed by atoms with Gasteiger partial charge >= 0.3 is 24.4 Å². The number of nitrogens with zero attached hydrogens (tertiary/aromatic N) is 1. The van der Waals surface area contributed by atoms with Crippen molar-refractivity contribution in [3.63, 3.8) is 0 Å². The number of nitrogens with one attached hydrogen (secondary N) is 1. The summed E-state index contributed by atoms with van der Waals surface area (Å²) in [5.41, 5.74) is 6.22. The van der Waals surface area contributed by atoms with Gasteiger partial charge in [-0.1, -0.05) is 104 Å². The summed E-state index contributed by atoms with van der Waals surface area (Å²) in [6.07, 6.45) is -4.12. The van der Waals surface area contributed by atoms with Crippen molar-refractivity contribution in [3.05, 3.63) is 66.7 Å². The molecule has 3 rings (SSSR count). The number of benzene rings is 2. The van der Waals surface area contributed by atoms with Crippen molar-refractivity contribution in [1.82, 2.24) is 10.2 Å². The van der Waals surface area contributed by atoms with Gasteiger partial charge < -0.3 is 25.6 Å². The predicted molar refractivity (Wildman–Crippen MR) is 226 cm³/mol. The normalized spacial score (nSPS) is 16.5. The predicted octanol–water partition coefficient (Wildman–Crippen LogP) is 10.2. The van der Waals surface area contributed by atoms with Crippen molar-refractivity contribution in [3.8, 4) is 11.1 Å². The molecule has 1 amide bonds. The van der Waals surface area contributed by atoms with Crippen LogP contribution in [-0.4, -0.2) is 91.1 Å². The number of halogens is 6. The molecule has 0 aromatic heterocycles. The van der Waals surface area contributed by atoms with E-state index in [1.807, 2.05) is 6.92 Å². The van der Waals surface area contributed by atoms with Crippen LogP contribution in [0.15, 0.2) is 66.1 Å². The second-order valence-electron chi connectivity index (χ2n) is 16.5. The SMILES string of the molecule is C=CC.CC(C)(C)OC(=O)N1CC(N)C(O)C1.CC(C)C(F)(F)F.CC(C)C[C@H](NC(c1ccc(-c2ccc(S(C)(=O)=O)cc2)cc1)C(F)(F)F)C(=O)O.CCCC(C)C. The molecule has 17 heteroatoms. The minimum Gasteiger partial charge on any atom is -0.480 e. The third kappa shape index (κ3) is 25.2. The first-order valence-corrected chi connectivity index (χ1v) is 21.6. The molecule has 0 saturated carbocycles. The van der Waals surface area contributed by atoms with E-state index >= 15 is 0 Å². The number of allylic oxidation sites excluding steroid dienone is 1. The Bertz CT molecular complexity index is 1630. The minimum atomic E-state index is -4.68. The number of alkyl halides is 6. The highest BCUT2D eigenvalue weighted by Crippen LogP contribution is 2.35. The largest absolute Gasteiger partial charge is 0.480 e. The zero-order chi connectivity index (χ0) is 47.4. The number of carbonyl (C=O) groups is 2. The van der Waals surface area contributed by atoms with Crippen molar-refractivity contribution >= 4 is 21.9 Å². The number of carbonyl (C=O) groups excluding carboxylic acids is 1. The Balaban J connectivity index is 0. The van der Waals surface area contributed by atoms with Crippen molar-refractivity contribution < 1.29 is 59.3 Å². The highest BCUT2D eigenvalue weighted by Gasteiger charge is 2.43. The Hall–Kier alpha value is -3.67. The third-order valence-corrected chi connectivity index (χ3v) is 9.19. The van der Waals surface area contributed by atoms with Gasteiger partial charge in [-0.3, -0.25) is 10.1 Å². The van der Waals surface area contributed by atoms with Gasteiger partial charge in [0.1, 0.15) is 17.7 Å². The summed E-state index contributed by atoms with van der Waals surface area (Å²) in [5, 5.41) is 20.9. The van der Waals surface area contributed by atoms with Crippen LogP contribution in [0, 0.1) is 17.8 Å². The average Bonchev–Trinajstić information content (AvgIpc) is 3.43. The number of sulfone groups is 1. The number of hydrogen-bond acceptors (Lipinski definition) is 8. The van der Waals surface area contributed by atoms with Gasteiger partial charge in [0.05, 0.1) is 23.6 Å². The molecule has 5 N–H and O–H groups in total. The van der Waals surface area contributed by atoms with Gasteiger partial charge in [0.15, 0.2) is 9.84 Å². The van der Waals surface area contributed by atoms with Crippen LogP contribution in [0.1, 0.15) is 107 Å². The number of hydrogen-bond donors (Lipinski definition) is 4. The number of ether oxygens (including phenoxy) is 1.